The monoisotopic (exact) mass is 492 g/mol. The van der Waals surface area contributed by atoms with Crippen molar-refractivity contribution < 1.29 is 9.32 Å². The van der Waals surface area contributed by atoms with E-state index < -0.39 is 0 Å². The number of carbonyl (C=O) groups excluding carboxylic acids is 1. The Bertz CT molecular complexity index is 1080. The lowest BCUT2D eigenvalue weighted by atomic mass is 9.87. The van der Waals surface area contributed by atoms with E-state index in [0.29, 0.717) is 18.3 Å². The third kappa shape index (κ3) is 7.42. The minimum absolute atomic E-state index is 0.0119. The minimum atomic E-state index is 0.0119. The maximum absolute atomic E-state index is 12.7. The Hall–Kier alpha value is -2.64. The van der Waals surface area contributed by atoms with Crippen LogP contribution in [0, 0.1) is 5.92 Å². The normalized spacial score (nSPS) is 16.8. The first-order valence-electron chi connectivity index (χ1n) is 12.5. The van der Waals surface area contributed by atoms with Crippen molar-refractivity contribution in [1.82, 2.24) is 20.4 Å². The van der Waals surface area contributed by atoms with Gasteiger partial charge in [-0.15, -0.1) is 11.8 Å². The smallest absolute Gasteiger partial charge is 0.241 e. The summed E-state index contributed by atoms with van der Waals surface area (Å²) in [6.45, 7) is 9.56. The molecule has 0 spiro atoms. The summed E-state index contributed by atoms with van der Waals surface area (Å²) in [6.07, 6.45) is 2.89. The van der Waals surface area contributed by atoms with Gasteiger partial charge in [-0.3, -0.25) is 9.69 Å². The number of hydrogen-bond acceptors (Lipinski definition) is 6. The number of thioether (sulfide) groups is 1. The second kappa shape index (κ2) is 11.9. The van der Waals surface area contributed by atoms with Gasteiger partial charge in [-0.1, -0.05) is 68.4 Å². The number of carbonyl (C=O) groups is 1. The standard InChI is InChI=1S/C28H36N4O2S/c1-28(2,3)23-14-12-21(13-15-23)26-30-25(34-31-26)20-32-17-7-9-22(19-32)27(33)29-16-8-18-35-24-10-5-4-6-11-24/h4-6,10-15,22H,7-9,16-20H2,1-3H3,(H,29,33). The van der Waals surface area contributed by atoms with Crippen LogP contribution in [0.2, 0.25) is 0 Å². The number of piperidine rings is 1. The highest BCUT2D eigenvalue weighted by Gasteiger charge is 2.26. The van der Waals surface area contributed by atoms with E-state index in [1.165, 1.54) is 10.5 Å². The molecule has 1 unspecified atom stereocenters. The van der Waals surface area contributed by atoms with E-state index in [2.05, 4.69) is 89.7 Å². The summed E-state index contributed by atoms with van der Waals surface area (Å²) in [6, 6.07) is 18.7. The molecule has 2 aromatic carbocycles. The van der Waals surface area contributed by atoms with Crippen molar-refractivity contribution in [3.05, 3.63) is 66.1 Å². The molecule has 0 aliphatic carbocycles. The lowest BCUT2D eigenvalue weighted by Crippen LogP contribution is -2.43. The zero-order valence-electron chi connectivity index (χ0n) is 21.0. The average Bonchev–Trinajstić information content (AvgIpc) is 3.32. The molecule has 1 saturated heterocycles. The van der Waals surface area contributed by atoms with Crippen LogP contribution in [0.25, 0.3) is 11.4 Å². The van der Waals surface area contributed by atoms with Crippen LogP contribution >= 0.6 is 11.8 Å². The highest BCUT2D eigenvalue weighted by Crippen LogP contribution is 2.25. The molecule has 1 aliphatic rings. The van der Waals surface area contributed by atoms with Gasteiger partial charge in [0.05, 0.1) is 12.5 Å². The number of hydrogen-bond donors (Lipinski definition) is 1. The summed E-state index contributed by atoms with van der Waals surface area (Å²) in [5, 5.41) is 7.32. The average molecular weight is 493 g/mol. The zero-order chi connectivity index (χ0) is 24.7. The van der Waals surface area contributed by atoms with E-state index in [1.807, 2.05) is 17.8 Å². The molecule has 3 aromatic rings. The maximum atomic E-state index is 12.7. The summed E-state index contributed by atoms with van der Waals surface area (Å²) < 4.78 is 5.54. The zero-order valence-corrected chi connectivity index (χ0v) is 21.8. The molecule has 1 fully saturated rings. The van der Waals surface area contributed by atoms with Gasteiger partial charge in [0, 0.05) is 23.5 Å². The van der Waals surface area contributed by atoms with Gasteiger partial charge in [0.15, 0.2) is 0 Å². The molecule has 1 atom stereocenters. The van der Waals surface area contributed by atoms with Gasteiger partial charge in [-0.25, -0.2) is 0 Å². The van der Waals surface area contributed by atoms with Crippen molar-refractivity contribution in [2.24, 2.45) is 5.92 Å². The van der Waals surface area contributed by atoms with Gasteiger partial charge < -0.3 is 9.84 Å². The molecule has 0 radical (unpaired) electrons. The van der Waals surface area contributed by atoms with Gasteiger partial charge >= 0.3 is 0 Å². The van der Waals surface area contributed by atoms with E-state index in [9.17, 15) is 4.79 Å². The summed E-state index contributed by atoms with van der Waals surface area (Å²) in [4.78, 5) is 20.8. The fourth-order valence-corrected chi connectivity index (χ4v) is 5.17. The van der Waals surface area contributed by atoms with Crippen LogP contribution in [0.1, 0.15) is 51.5 Å². The highest BCUT2D eigenvalue weighted by molar-refractivity contribution is 7.99. The lowest BCUT2D eigenvalue weighted by Gasteiger charge is -2.30. The number of likely N-dealkylation sites (tertiary alicyclic amines) is 1. The summed E-state index contributed by atoms with van der Waals surface area (Å²) in [7, 11) is 0. The molecule has 1 aliphatic heterocycles. The molecule has 0 saturated carbocycles. The number of rotatable bonds is 9. The Morgan fingerprint density at radius 2 is 1.91 bits per heavy atom. The van der Waals surface area contributed by atoms with Crippen molar-refractivity contribution in [2.75, 3.05) is 25.4 Å². The van der Waals surface area contributed by atoms with Gasteiger partial charge in [-0.05, 0) is 54.7 Å². The first-order valence-corrected chi connectivity index (χ1v) is 13.5. The van der Waals surface area contributed by atoms with Crippen LogP contribution < -0.4 is 5.32 Å². The van der Waals surface area contributed by atoms with E-state index in [-0.39, 0.29) is 17.2 Å². The van der Waals surface area contributed by atoms with Gasteiger partial charge in [0.25, 0.3) is 0 Å². The molecule has 2 heterocycles. The van der Waals surface area contributed by atoms with E-state index >= 15 is 0 Å². The minimum Gasteiger partial charge on any atom is -0.356 e. The highest BCUT2D eigenvalue weighted by atomic mass is 32.2. The van der Waals surface area contributed by atoms with Crippen LogP contribution in [0.15, 0.2) is 64.0 Å². The molecule has 0 bridgehead atoms. The summed E-state index contributed by atoms with van der Waals surface area (Å²) >= 11 is 1.83. The Labute approximate surface area is 212 Å². The Morgan fingerprint density at radius 1 is 1.14 bits per heavy atom. The molecular weight excluding hydrogens is 456 g/mol. The summed E-state index contributed by atoms with van der Waals surface area (Å²) in [5.74, 6) is 2.38. The van der Waals surface area contributed by atoms with Crippen LogP contribution in [0.5, 0.6) is 0 Å². The predicted octanol–water partition coefficient (Wildman–Crippen LogP) is 5.54. The van der Waals surface area contributed by atoms with Crippen LogP contribution in [0.4, 0.5) is 0 Å². The number of benzene rings is 2. The van der Waals surface area contributed by atoms with Crippen LogP contribution in [-0.2, 0) is 16.8 Å². The van der Waals surface area contributed by atoms with Gasteiger partial charge in [0.2, 0.25) is 17.6 Å². The van der Waals surface area contributed by atoms with Crippen LogP contribution in [-0.4, -0.2) is 46.3 Å². The maximum Gasteiger partial charge on any atom is 0.241 e. The molecular formula is C28H36N4O2S. The predicted molar refractivity (Wildman–Crippen MR) is 141 cm³/mol. The quantitative estimate of drug-likeness (QED) is 0.312. The second-order valence-corrected chi connectivity index (χ2v) is 11.4. The van der Waals surface area contributed by atoms with Crippen molar-refractivity contribution in [2.45, 2.75) is 56.9 Å². The number of nitrogens with zero attached hydrogens (tertiary/aromatic N) is 3. The molecule has 35 heavy (non-hydrogen) atoms. The SMILES string of the molecule is CC(C)(C)c1ccc(-c2noc(CN3CCCC(C(=O)NCCCSc4ccccc4)C3)n2)cc1. The van der Waals surface area contributed by atoms with Gasteiger partial charge in [0.1, 0.15) is 0 Å². The number of amides is 1. The molecule has 186 valence electrons. The van der Waals surface area contributed by atoms with E-state index in [4.69, 9.17) is 4.52 Å². The molecule has 4 rings (SSSR count). The van der Waals surface area contributed by atoms with E-state index in [0.717, 1.165) is 50.2 Å². The first kappa shape index (κ1) is 25.5. The molecule has 6 nitrogen and oxygen atoms in total. The third-order valence-electron chi connectivity index (χ3n) is 6.34. The lowest BCUT2D eigenvalue weighted by molar-refractivity contribution is -0.126. The largest absolute Gasteiger partial charge is 0.356 e. The molecule has 7 heteroatoms. The third-order valence-corrected chi connectivity index (χ3v) is 7.44. The van der Waals surface area contributed by atoms with Crippen LogP contribution in [0.3, 0.4) is 0 Å². The Balaban J connectivity index is 1.22. The second-order valence-electron chi connectivity index (χ2n) is 10.2. The topological polar surface area (TPSA) is 71.3 Å². The summed E-state index contributed by atoms with van der Waals surface area (Å²) in [5.41, 5.74) is 2.34. The Kier molecular flexibility index (Phi) is 8.63. The molecule has 1 N–H and O–H groups in total. The van der Waals surface area contributed by atoms with E-state index in [1.54, 1.807) is 0 Å². The number of aromatic nitrogens is 2. The van der Waals surface area contributed by atoms with Gasteiger partial charge in [-0.2, -0.15) is 4.98 Å². The number of nitrogens with one attached hydrogen (secondary N) is 1. The fraction of sp³-hybridized carbons (Fsp3) is 0.464. The van der Waals surface area contributed by atoms with Crippen molar-refractivity contribution in [3.63, 3.8) is 0 Å². The van der Waals surface area contributed by atoms with Crippen molar-refractivity contribution in [3.8, 4) is 11.4 Å². The van der Waals surface area contributed by atoms with Crippen molar-refractivity contribution >= 4 is 17.7 Å². The first-order chi connectivity index (χ1) is 16.9. The fourth-order valence-electron chi connectivity index (χ4n) is 4.29. The van der Waals surface area contributed by atoms with Crippen molar-refractivity contribution in [1.29, 1.82) is 0 Å². The molecule has 1 amide bonds. The Morgan fingerprint density at radius 3 is 2.66 bits per heavy atom. The molecule has 1 aromatic heterocycles.